The van der Waals surface area contributed by atoms with Crippen LogP contribution in [0.5, 0.6) is 0 Å². The summed E-state index contributed by atoms with van der Waals surface area (Å²) in [5.41, 5.74) is 0. The molecule has 1 fully saturated rings. The van der Waals surface area contributed by atoms with E-state index in [0.29, 0.717) is 29.4 Å². The van der Waals surface area contributed by atoms with Crippen LogP contribution in [0.3, 0.4) is 0 Å². The van der Waals surface area contributed by atoms with E-state index in [1.165, 1.54) is 0 Å². The van der Waals surface area contributed by atoms with Gasteiger partial charge in [0, 0.05) is 0 Å². The normalized spacial score (nSPS) is 39.1. The number of alkyl halides is 1. The molecule has 3 atom stereocenters. The third kappa shape index (κ3) is 2.09. The molecule has 0 aliphatic carbocycles. The van der Waals surface area contributed by atoms with Crippen molar-refractivity contribution in [2.75, 3.05) is 12.8 Å². The van der Waals surface area contributed by atoms with Crippen LogP contribution in [0.4, 0.5) is 0 Å². The van der Waals surface area contributed by atoms with E-state index in [1.54, 1.807) is 6.16 Å². The van der Waals surface area contributed by atoms with Gasteiger partial charge in [0.25, 0.3) is 0 Å². The first-order chi connectivity index (χ1) is 3.34. The van der Waals surface area contributed by atoms with E-state index in [9.17, 15) is 0 Å². The van der Waals surface area contributed by atoms with Crippen LogP contribution >= 0.6 is 17.3 Å². The molecular formula is C3H9INP2-. The molecule has 1 saturated heterocycles. The molecule has 0 spiro atoms. The van der Waals surface area contributed by atoms with Crippen molar-refractivity contribution >= 4 is 17.3 Å². The summed E-state index contributed by atoms with van der Waals surface area (Å²) < 4.78 is 4.36. The molecule has 1 aliphatic rings. The Morgan fingerprint density at radius 1 is 2.00 bits per heavy atom. The van der Waals surface area contributed by atoms with E-state index in [0.717, 1.165) is 3.67 Å². The fraction of sp³-hybridized carbons (Fsp3) is 1.00. The maximum atomic E-state index is 3.20. The Morgan fingerprint density at radius 2 is 2.57 bits per heavy atom. The van der Waals surface area contributed by atoms with Gasteiger partial charge in [-0.15, -0.1) is 0 Å². The molecule has 7 heavy (non-hydrogen) atoms. The fourth-order valence-corrected chi connectivity index (χ4v) is 7.89. The van der Waals surface area contributed by atoms with E-state index in [1.807, 2.05) is 0 Å². The number of nitrogens with one attached hydrogen (secondary N) is 1. The topological polar surface area (TPSA) is 12.0 Å². The summed E-state index contributed by atoms with van der Waals surface area (Å²) in [7, 11) is 3.12. The summed E-state index contributed by atoms with van der Waals surface area (Å²) in [5, 5.41) is 0. The average molecular weight is 248 g/mol. The van der Waals surface area contributed by atoms with Gasteiger partial charge in [0.05, 0.1) is 0 Å². The number of hydrogen-bond donors (Lipinski definition) is 1. The van der Waals surface area contributed by atoms with Crippen molar-refractivity contribution in [1.82, 2.24) is 3.30 Å². The molecule has 44 valence electrons. The van der Waals surface area contributed by atoms with Crippen LogP contribution in [0.2, 0.25) is 0 Å². The summed E-state index contributed by atoms with van der Waals surface area (Å²) in [6.45, 7) is 2.39. The van der Waals surface area contributed by atoms with Crippen molar-refractivity contribution in [3.8, 4) is 0 Å². The zero-order valence-electron chi connectivity index (χ0n) is 4.19. The first-order valence-corrected chi connectivity index (χ1v) is 7.07. The van der Waals surface area contributed by atoms with Gasteiger partial charge in [-0.25, -0.2) is 0 Å². The van der Waals surface area contributed by atoms with Crippen molar-refractivity contribution in [3.63, 3.8) is 0 Å². The molecule has 1 aliphatic heterocycles. The van der Waals surface area contributed by atoms with Crippen LogP contribution in [0.15, 0.2) is 0 Å². The molecule has 1 rings (SSSR count). The van der Waals surface area contributed by atoms with E-state index < -0.39 is 0 Å². The molecule has 0 aromatic rings. The second-order valence-electron chi connectivity index (χ2n) is 1.59. The molecule has 0 radical (unpaired) electrons. The van der Waals surface area contributed by atoms with Gasteiger partial charge in [-0.3, -0.25) is 0 Å². The average Bonchev–Trinajstić information content (AvgIpc) is 2.22. The summed E-state index contributed by atoms with van der Waals surface area (Å²) >= 11 is 0.381. The molecule has 0 saturated carbocycles. The van der Waals surface area contributed by atoms with E-state index in [2.05, 4.69) is 19.4 Å². The molecule has 0 aromatic heterocycles. The van der Waals surface area contributed by atoms with Gasteiger partial charge in [0.15, 0.2) is 0 Å². The molecule has 1 heterocycles. The Hall–Kier alpha value is 1.55. The minimum absolute atomic E-state index is 0.381. The monoisotopic (exact) mass is 248 g/mol. The third-order valence-corrected chi connectivity index (χ3v) is 9.15. The van der Waals surface area contributed by atoms with Crippen LogP contribution in [0, 0.1) is 0 Å². The van der Waals surface area contributed by atoms with Gasteiger partial charge in [-0.05, 0) is 0 Å². The van der Waals surface area contributed by atoms with E-state index in [4.69, 9.17) is 0 Å². The fourth-order valence-electron chi connectivity index (χ4n) is 0.381. The Labute approximate surface area is 58.6 Å². The maximum absolute atomic E-state index is 3.20. The second-order valence-corrected chi connectivity index (χ2v) is 9.29. The van der Waals surface area contributed by atoms with Crippen molar-refractivity contribution in [2.45, 2.75) is 3.67 Å². The zero-order valence-corrected chi connectivity index (χ0v) is 8.39. The number of halogens is 1. The van der Waals surface area contributed by atoms with Gasteiger partial charge in [-0.1, -0.05) is 0 Å². The number of rotatable bonds is 2. The van der Waals surface area contributed by atoms with Crippen LogP contribution in [0.25, 0.3) is 0 Å². The molecule has 0 bridgehead atoms. The van der Waals surface area contributed by atoms with Crippen LogP contribution in [-0.4, -0.2) is 16.5 Å². The predicted octanol–water partition coefficient (Wildman–Crippen LogP) is -2.18. The summed E-state index contributed by atoms with van der Waals surface area (Å²) in [6, 6.07) is 0. The molecule has 1 nitrogen and oxygen atoms in total. The minimum atomic E-state index is 0.381. The van der Waals surface area contributed by atoms with Gasteiger partial charge in [-0.2, -0.15) is 0 Å². The summed E-state index contributed by atoms with van der Waals surface area (Å²) in [5.74, 6) is 0. The van der Waals surface area contributed by atoms with Gasteiger partial charge in [0.2, 0.25) is 0 Å². The summed E-state index contributed by atoms with van der Waals surface area (Å²) in [6.07, 6.45) is 1.55. The Balaban J connectivity index is 1.98. The molecular weight excluding hydrogens is 239 g/mol. The van der Waals surface area contributed by atoms with Crippen LogP contribution < -0.4 is 24.8 Å². The molecule has 0 amide bonds. The Morgan fingerprint density at radius 3 is 2.71 bits per heavy atom. The van der Waals surface area contributed by atoms with Crippen LogP contribution in [-0.2, 0) is 0 Å². The molecule has 0 aromatic carbocycles. The molecule has 1 N–H and O–H groups in total. The van der Waals surface area contributed by atoms with Crippen LogP contribution in [0.1, 0.15) is 0 Å². The first-order valence-electron chi connectivity index (χ1n) is 2.13. The number of hydrogen-bond acceptors (Lipinski definition) is 1. The Kier molecular flexibility index (Phi) is 2.77. The zero-order chi connectivity index (χ0) is 5.28. The quantitative estimate of drug-likeness (QED) is 0.253. The Bertz CT molecular complexity index is 70.0. The molecule has 4 heteroatoms. The predicted molar refractivity (Wildman–Crippen MR) is 34.3 cm³/mol. The first kappa shape index (κ1) is 6.67. The second kappa shape index (κ2) is 2.91. The summed E-state index contributed by atoms with van der Waals surface area (Å²) in [4.78, 5) is 0. The van der Waals surface area contributed by atoms with Crippen molar-refractivity contribution in [1.29, 1.82) is 0 Å². The standard InChI is InChI=1S/C3H9INP2/c1-7-2-3(7)4-5-6/h3,5H,2,6H2,1H3/q-1. The molecule has 3 unspecified atom stereocenters. The van der Waals surface area contributed by atoms with E-state index >= 15 is 0 Å². The van der Waals surface area contributed by atoms with E-state index in [-0.39, 0.29) is 0 Å². The van der Waals surface area contributed by atoms with Crippen molar-refractivity contribution in [3.05, 3.63) is 0 Å². The van der Waals surface area contributed by atoms with Crippen molar-refractivity contribution < 1.29 is 21.5 Å². The van der Waals surface area contributed by atoms with Gasteiger partial charge in [0.1, 0.15) is 0 Å². The van der Waals surface area contributed by atoms with Crippen molar-refractivity contribution in [2.24, 2.45) is 0 Å². The third-order valence-electron chi connectivity index (χ3n) is 0.972. The van der Waals surface area contributed by atoms with Gasteiger partial charge < -0.3 is 0 Å². The van der Waals surface area contributed by atoms with Gasteiger partial charge >= 0.3 is 58.6 Å². The SMILES string of the molecule is CP1CC1[I-]NP.